The van der Waals surface area contributed by atoms with E-state index in [0.717, 1.165) is 48.7 Å². The molecule has 34 heavy (non-hydrogen) atoms. The zero-order valence-corrected chi connectivity index (χ0v) is 22.5. The number of rotatable bonds is 13. The summed E-state index contributed by atoms with van der Waals surface area (Å²) in [5.41, 5.74) is 1.59. The molecule has 0 aromatic rings. The Labute approximate surface area is 207 Å². The third-order valence-electron chi connectivity index (χ3n) is 5.61. The van der Waals surface area contributed by atoms with Gasteiger partial charge in [0.05, 0.1) is 29.0 Å². The number of hydrogen-bond donors (Lipinski definition) is 1. The van der Waals surface area contributed by atoms with Gasteiger partial charge in [-0.05, 0) is 42.8 Å². The Morgan fingerprint density at radius 3 is 2.59 bits per heavy atom. The van der Waals surface area contributed by atoms with E-state index in [9.17, 15) is 17.8 Å². The molecule has 1 aliphatic heterocycles. The number of nitrogens with one attached hydrogen (secondary N) is 1. The second-order valence-electron chi connectivity index (χ2n) is 8.31. The molecule has 0 saturated carbocycles. The van der Waals surface area contributed by atoms with Gasteiger partial charge >= 0.3 is 6.80 Å². The second kappa shape index (κ2) is 12.0. The summed E-state index contributed by atoms with van der Waals surface area (Å²) in [6.45, 7) is 2.27. The highest BCUT2D eigenvalue weighted by molar-refractivity contribution is 8.55. The molecule has 0 radical (unpaired) electrons. The summed E-state index contributed by atoms with van der Waals surface area (Å²) < 4.78 is 51.2. The van der Waals surface area contributed by atoms with Crippen molar-refractivity contribution in [3.05, 3.63) is 58.2 Å². The summed E-state index contributed by atoms with van der Waals surface area (Å²) in [4.78, 5) is 13.2. The molecule has 3 aliphatic rings. The summed E-state index contributed by atoms with van der Waals surface area (Å²) in [5.74, 6) is -0.0290. The molecule has 0 amide bonds. The summed E-state index contributed by atoms with van der Waals surface area (Å²) in [6, 6.07) is -0.218. The lowest BCUT2D eigenvalue weighted by molar-refractivity contribution is -0.119. The summed E-state index contributed by atoms with van der Waals surface area (Å²) in [7, 11) is -3.71. The van der Waals surface area contributed by atoms with Crippen molar-refractivity contribution in [3.63, 3.8) is 0 Å². The number of dihydropyridines is 1. The lowest BCUT2D eigenvalue weighted by Gasteiger charge is -2.35. The van der Waals surface area contributed by atoms with Crippen molar-refractivity contribution in [2.24, 2.45) is 0 Å². The zero-order valence-electron chi connectivity index (χ0n) is 20.0. The van der Waals surface area contributed by atoms with Crippen LogP contribution in [0, 0.1) is 0 Å². The van der Waals surface area contributed by atoms with E-state index in [0.29, 0.717) is 23.4 Å². The third-order valence-corrected chi connectivity index (χ3v) is 11.5. The predicted octanol–water partition coefficient (Wildman–Crippen LogP) is 5.40. The topological polar surface area (TPSA) is 98.8 Å². The molecular weight excluding hydrogens is 493 g/mol. The van der Waals surface area contributed by atoms with Gasteiger partial charge in [0.2, 0.25) is 0 Å². The van der Waals surface area contributed by atoms with Gasteiger partial charge in [0.15, 0.2) is 21.7 Å². The summed E-state index contributed by atoms with van der Waals surface area (Å²) in [5, 5.41) is 3.28. The molecule has 1 N–H and O–H groups in total. The van der Waals surface area contributed by atoms with E-state index in [1.165, 1.54) is 0 Å². The smallest absolute Gasteiger partial charge is 0.373 e. The maximum absolute atomic E-state index is 13.4. The first-order valence-electron chi connectivity index (χ1n) is 11.9. The van der Waals surface area contributed by atoms with Crippen LogP contribution in [0.15, 0.2) is 58.2 Å². The minimum atomic E-state index is -3.71. The fourth-order valence-corrected chi connectivity index (χ4v) is 9.12. The van der Waals surface area contributed by atoms with Crippen LogP contribution >= 0.6 is 18.2 Å². The molecule has 0 bridgehead atoms. The van der Waals surface area contributed by atoms with Crippen LogP contribution in [0.2, 0.25) is 0 Å². The molecule has 0 aromatic heterocycles. The molecule has 1 heterocycles. The molecule has 0 spiro atoms. The van der Waals surface area contributed by atoms with Crippen molar-refractivity contribution in [1.82, 2.24) is 5.32 Å². The SMILES string of the molecule is CCCCCCS(=O)(=O)C1=CC(=O)C(OP(=O)(OCC)SCCC)C2=C1NC1C=CC=CC1=C2. The number of carbonyl (C=O) groups excluding carboxylic acids is 1. The highest BCUT2D eigenvalue weighted by Crippen LogP contribution is 2.62. The lowest BCUT2D eigenvalue weighted by Crippen LogP contribution is -2.41. The van der Waals surface area contributed by atoms with Crippen molar-refractivity contribution >= 4 is 33.8 Å². The van der Waals surface area contributed by atoms with Gasteiger partial charge in [-0.15, -0.1) is 0 Å². The molecule has 0 aromatic carbocycles. The van der Waals surface area contributed by atoms with Crippen LogP contribution in [-0.4, -0.2) is 44.5 Å². The quantitative estimate of drug-likeness (QED) is 0.251. The lowest BCUT2D eigenvalue weighted by atomic mass is 9.88. The Morgan fingerprint density at radius 2 is 1.88 bits per heavy atom. The minimum Gasteiger partial charge on any atom is -0.373 e. The van der Waals surface area contributed by atoms with Crippen LogP contribution in [0.4, 0.5) is 0 Å². The van der Waals surface area contributed by atoms with Gasteiger partial charge in [-0.2, -0.15) is 0 Å². The van der Waals surface area contributed by atoms with Crippen LogP contribution in [-0.2, 0) is 28.2 Å². The molecule has 2 aliphatic carbocycles. The van der Waals surface area contributed by atoms with Gasteiger partial charge in [-0.1, -0.05) is 57.4 Å². The number of hydrogen-bond acceptors (Lipinski definition) is 8. The first-order valence-corrected chi connectivity index (χ1v) is 16.7. The second-order valence-corrected chi connectivity index (χ2v) is 14.5. The molecule has 0 fully saturated rings. The van der Waals surface area contributed by atoms with E-state index in [4.69, 9.17) is 9.05 Å². The Kier molecular flexibility index (Phi) is 9.64. The predicted molar refractivity (Wildman–Crippen MR) is 138 cm³/mol. The fourth-order valence-electron chi connectivity index (χ4n) is 3.94. The van der Waals surface area contributed by atoms with Crippen LogP contribution < -0.4 is 5.32 Å². The van der Waals surface area contributed by atoms with Crippen molar-refractivity contribution in [3.8, 4) is 0 Å². The van der Waals surface area contributed by atoms with Crippen molar-refractivity contribution in [2.45, 2.75) is 65.0 Å². The van der Waals surface area contributed by atoms with Gasteiger partial charge in [0, 0.05) is 17.4 Å². The average Bonchev–Trinajstić information content (AvgIpc) is 2.81. The average molecular weight is 528 g/mol. The molecule has 3 rings (SSSR count). The van der Waals surface area contributed by atoms with Crippen molar-refractivity contribution in [2.75, 3.05) is 18.1 Å². The zero-order chi connectivity index (χ0) is 24.8. The number of sulfone groups is 1. The Bertz CT molecular complexity index is 1090. The van der Waals surface area contributed by atoms with Gasteiger partial charge < -0.3 is 9.84 Å². The van der Waals surface area contributed by atoms with Gasteiger partial charge in [-0.25, -0.2) is 13.0 Å². The normalized spacial score (nSPS) is 23.6. The number of unbranched alkanes of at least 4 members (excludes halogenated alkanes) is 3. The molecule has 0 saturated heterocycles. The van der Waals surface area contributed by atoms with Crippen LogP contribution in [0.5, 0.6) is 0 Å². The highest BCUT2D eigenvalue weighted by Gasteiger charge is 2.42. The first-order chi connectivity index (χ1) is 16.2. The van der Waals surface area contributed by atoms with E-state index in [1.54, 1.807) is 13.0 Å². The number of allylic oxidation sites excluding steroid dienone is 2. The highest BCUT2D eigenvalue weighted by atomic mass is 32.7. The largest absolute Gasteiger partial charge is 0.390 e. The molecule has 188 valence electrons. The Balaban J connectivity index is 2.00. The monoisotopic (exact) mass is 527 g/mol. The summed E-state index contributed by atoms with van der Waals surface area (Å²) in [6.07, 6.45) is 13.4. The fraction of sp³-hybridized carbons (Fsp3) is 0.542. The van der Waals surface area contributed by atoms with E-state index in [1.807, 2.05) is 31.2 Å². The Hall–Kier alpha value is -1.38. The number of ketones is 1. The molecular formula is C24H34NO6PS2. The van der Waals surface area contributed by atoms with Crippen molar-refractivity contribution < 1.29 is 26.8 Å². The molecule has 3 unspecified atom stereocenters. The van der Waals surface area contributed by atoms with Crippen LogP contribution in [0.1, 0.15) is 52.9 Å². The maximum atomic E-state index is 13.4. The van der Waals surface area contributed by atoms with E-state index in [2.05, 4.69) is 12.2 Å². The molecule has 3 atom stereocenters. The van der Waals surface area contributed by atoms with Crippen LogP contribution in [0.3, 0.4) is 0 Å². The maximum Gasteiger partial charge on any atom is 0.390 e. The van der Waals surface area contributed by atoms with E-state index >= 15 is 0 Å². The third kappa shape index (κ3) is 6.43. The summed E-state index contributed by atoms with van der Waals surface area (Å²) >= 11 is 1.06. The Morgan fingerprint density at radius 1 is 1.09 bits per heavy atom. The van der Waals surface area contributed by atoms with Gasteiger partial charge in [0.1, 0.15) is 0 Å². The standard InChI is InChI=1S/C24H34NO6PS2/c1-4-7-8-11-15-34(28,29)22-17-21(26)24(31-32(27,30-6-3)33-14-5-2)19-16-18-12-9-10-13-20(18)25-23(19)22/h9-10,12-13,16-17,20,24-25H,4-8,11,14-15H2,1-3H3. The molecule has 7 nitrogen and oxygen atoms in total. The molecule has 10 heteroatoms. The number of fused-ring (bicyclic) bond motifs is 1. The van der Waals surface area contributed by atoms with E-state index in [-0.39, 0.29) is 23.3 Å². The van der Waals surface area contributed by atoms with Crippen molar-refractivity contribution in [1.29, 1.82) is 0 Å². The van der Waals surface area contributed by atoms with E-state index < -0.39 is 28.5 Å². The van der Waals surface area contributed by atoms with Gasteiger partial charge in [-0.3, -0.25) is 9.32 Å². The minimum absolute atomic E-state index is 0.0189. The van der Waals surface area contributed by atoms with Gasteiger partial charge in [0.25, 0.3) is 0 Å². The first kappa shape index (κ1) is 27.2. The van der Waals surface area contributed by atoms with Crippen LogP contribution in [0.25, 0.3) is 0 Å². The number of carbonyl (C=O) groups is 1.